The molecule has 1 aromatic carbocycles. The molecule has 1 aliphatic heterocycles. The van der Waals surface area contributed by atoms with Crippen molar-refractivity contribution >= 4 is 23.6 Å². The number of piperazine rings is 1. The molecule has 1 N–H and O–H groups in total. The predicted octanol–water partition coefficient (Wildman–Crippen LogP) is 1.83. The monoisotopic (exact) mass is 292 g/mol. The molecule has 0 radical (unpaired) electrons. The zero-order chi connectivity index (χ0) is 14.8. The predicted molar refractivity (Wildman–Crippen MR) is 81.5 cm³/mol. The van der Waals surface area contributed by atoms with Crippen molar-refractivity contribution in [1.82, 2.24) is 10.2 Å². The zero-order valence-electron chi connectivity index (χ0n) is 12.1. The fourth-order valence-electron chi connectivity index (χ4n) is 2.23. The molecule has 0 spiro atoms. The standard InChI is InChI=1S/C15H20N2O2S/c1-15(2,20-3)10-17-9-12(18)16-13(14(17)19)11-7-5-4-6-8-11/h4-8,13H,9-10H2,1-3H3,(H,16,18). The van der Waals surface area contributed by atoms with Crippen LogP contribution in [0.25, 0.3) is 0 Å². The van der Waals surface area contributed by atoms with Gasteiger partial charge in [0.15, 0.2) is 0 Å². The maximum absolute atomic E-state index is 12.6. The van der Waals surface area contributed by atoms with Crippen molar-refractivity contribution in [2.75, 3.05) is 19.3 Å². The number of thioether (sulfide) groups is 1. The van der Waals surface area contributed by atoms with Gasteiger partial charge in [0.1, 0.15) is 6.04 Å². The van der Waals surface area contributed by atoms with Gasteiger partial charge in [0.25, 0.3) is 0 Å². The summed E-state index contributed by atoms with van der Waals surface area (Å²) in [7, 11) is 0. The van der Waals surface area contributed by atoms with Gasteiger partial charge in [0.2, 0.25) is 11.8 Å². The van der Waals surface area contributed by atoms with Crippen molar-refractivity contribution in [2.45, 2.75) is 24.6 Å². The van der Waals surface area contributed by atoms with Crippen molar-refractivity contribution in [2.24, 2.45) is 0 Å². The molecule has 1 fully saturated rings. The lowest BCUT2D eigenvalue weighted by molar-refractivity contribution is -0.144. The summed E-state index contributed by atoms with van der Waals surface area (Å²) in [5.74, 6) is -0.131. The SMILES string of the molecule is CSC(C)(C)CN1CC(=O)NC(c2ccccc2)C1=O. The highest BCUT2D eigenvalue weighted by molar-refractivity contribution is 7.99. The number of nitrogens with zero attached hydrogens (tertiary/aromatic N) is 1. The smallest absolute Gasteiger partial charge is 0.250 e. The number of rotatable bonds is 4. The molecule has 1 heterocycles. The van der Waals surface area contributed by atoms with Gasteiger partial charge in [-0.2, -0.15) is 11.8 Å². The fraction of sp³-hybridized carbons (Fsp3) is 0.467. The number of carbonyl (C=O) groups is 2. The Bertz CT molecular complexity index is 502. The minimum absolute atomic E-state index is 0.0297. The summed E-state index contributed by atoms with van der Waals surface area (Å²) in [6, 6.07) is 8.82. The molecule has 1 aliphatic rings. The van der Waals surface area contributed by atoms with Crippen molar-refractivity contribution < 1.29 is 9.59 Å². The van der Waals surface area contributed by atoms with Gasteiger partial charge in [0.05, 0.1) is 6.54 Å². The summed E-state index contributed by atoms with van der Waals surface area (Å²) < 4.78 is -0.0610. The molecule has 0 aliphatic carbocycles. The topological polar surface area (TPSA) is 49.4 Å². The Kier molecular flexibility index (Phi) is 4.38. The molecule has 0 saturated carbocycles. The van der Waals surface area contributed by atoms with Gasteiger partial charge in [-0.3, -0.25) is 9.59 Å². The van der Waals surface area contributed by atoms with E-state index in [1.54, 1.807) is 16.7 Å². The lowest BCUT2D eigenvalue weighted by atomic mass is 10.0. The summed E-state index contributed by atoms with van der Waals surface area (Å²) in [4.78, 5) is 26.1. The highest BCUT2D eigenvalue weighted by Gasteiger charge is 2.36. The van der Waals surface area contributed by atoms with E-state index < -0.39 is 6.04 Å². The highest BCUT2D eigenvalue weighted by Crippen LogP contribution is 2.26. The first kappa shape index (κ1) is 14.9. The maximum Gasteiger partial charge on any atom is 0.250 e. The quantitative estimate of drug-likeness (QED) is 0.921. The van der Waals surface area contributed by atoms with Crippen LogP contribution in [0, 0.1) is 0 Å². The Morgan fingerprint density at radius 2 is 1.95 bits per heavy atom. The molecule has 0 bridgehead atoms. The van der Waals surface area contributed by atoms with Crippen LogP contribution in [0.1, 0.15) is 25.5 Å². The normalized spacial score (nSPS) is 19.9. The molecular weight excluding hydrogens is 272 g/mol. The molecule has 2 amide bonds. The summed E-state index contributed by atoms with van der Waals surface area (Å²) in [6.45, 7) is 4.87. The van der Waals surface area contributed by atoms with Crippen LogP contribution in [0.4, 0.5) is 0 Å². The third kappa shape index (κ3) is 3.33. The Morgan fingerprint density at radius 1 is 1.30 bits per heavy atom. The van der Waals surface area contributed by atoms with Crippen LogP contribution in [0.15, 0.2) is 30.3 Å². The molecule has 2 rings (SSSR count). The van der Waals surface area contributed by atoms with Gasteiger partial charge in [0, 0.05) is 11.3 Å². The number of amides is 2. The first-order valence-electron chi connectivity index (χ1n) is 6.61. The summed E-state index contributed by atoms with van der Waals surface area (Å²) in [6.07, 6.45) is 2.02. The Balaban J connectivity index is 2.20. The molecule has 1 unspecified atom stereocenters. The van der Waals surface area contributed by atoms with E-state index in [0.717, 1.165) is 5.56 Å². The molecule has 108 valence electrons. The largest absolute Gasteiger partial charge is 0.339 e. The Morgan fingerprint density at radius 3 is 2.55 bits per heavy atom. The molecular formula is C15H20N2O2S. The highest BCUT2D eigenvalue weighted by atomic mass is 32.2. The number of hydrogen-bond acceptors (Lipinski definition) is 3. The van der Waals surface area contributed by atoms with Crippen LogP contribution in [-0.2, 0) is 9.59 Å². The number of nitrogens with one attached hydrogen (secondary N) is 1. The first-order valence-corrected chi connectivity index (χ1v) is 7.84. The molecule has 4 nitrogen and oxygen atoms in total. The van der Waals surface area contributed by atoms with Crippen molar-refractivity contribution in [3.63, 3.8) is 0 Å². The van der Waals surface area contributed by atoms with E-state index in [2.05, 4.69) is 19.2 Å². The van der Waals surface area contributed by atoms with Crippen LogP contribution in [-0.4, -0.2) is 40.8 Å². The molecule has 1 saturated heterocycles. The fourth-order valence-corrected chi connectivity index (χ4v) is 2.52. The molecule has 0 aromatic heterocycles. The van der Waals surface area contributed by atoms with E-state index in [0.29, 0.717) is 6.54 Å². The lowest BCUT2D eigenvalue weighted by Crippen LogP contribution is -2.55. The van der Waals surface area contributed by atoms with E-state index in [1.807, 2.05) is 36.6 Å². The van der Waals surface area contributed by atoms with Crippen LogP contribution >= 0.6 is 11.8 Å². The van der Waals surface area contributed by atoms with Gasteiger partial charge >= 0.3 is 0 Å². The van der Waals surface area contributed by atoms with E-state index in [1.165, 1.54) is 0 Å². The molecule has 1 atom stereocenters. The van der Waals surface area contributed by atoms with Gasteiger partial charge in [-0.25, -0.2) is 0 Å². The second-order valence-electron chi connectivity index (χ2n) is 5.57. The van der Waals surface area contributed by atoms with E-state index in [-0.39, 0.29) is 23.1 Å². The van der Waals surface area contributed by atoms with Crippen LogP contribution in [0.5, 0.6) is 0 Å². The third-order valence-electron chi connectivity index (χ3n) is 3.46. The summed E-state index contributed by atoms with van der Waals surface area (Å²) in [5, 5.41) is 2.78. The van der Waals surface area contributed by atoms with Crippen molar-refractivity contribution in [3.8, 4) is 0 Å². The maximum atomic E-state index is 12.6. The third-order valence-corrected chi connectivity index (χ3v) is 4.69. The second-order valence-corrected chi connectivity index (χ2v) is 7.08. The minimum Gasteiger partial charge on any atom is -0.339 e. The lowest BCUT2D eigenvalue weighted by Gasteiger charge is -2.37. The van der Waals surface area contributed by atoms with E-state index in [9.17, 15) is 9.59 Å². The Labute approximate surface area is 123 Å². The van der Waals surface area contributed by atoms with Crippen LogP contribution < -0.4 is 5.32 Å². The Hall–Kier alpha value is -1.49. The van der Waals surface area contributed by atoms with Crippen molar-refractivity contribution in [1.29, 1.82) is 0 Å². The molecule has 20 heavy (non-hydrogen) atoms. The van der Waals surface area contributed by atoms with Gasteiger partial charge in [-0.05, 0) is 25.7 Å². The molecule has 1 aromatic rings. The van der Waals surface area contributed by atoms with E-state index in [4.69, 9.17) is 0 Å². The minimum atomic E-state index is -0.560. The van der Waals surface area contributed by atoms with E-state index >= 15 is 0 Å². The summed E-state index contributed by atoms with van der Waals surface area (Å²) in [5.41, 5.74) is 0.831. The van der Waals surface area contributed by atoms with Crippen LogP contribution in [0.3, 0.4) is 0 Å². The van der Waals surface area contributed by atoms with Crippen molar-refractivity contribution in [3.05, 3.63) is 35.9 Å². The van der Waals surface area contributed by atoms with Gasteiger partial charge in [-0.1, -0.05) is 30.3 Å². The first-order chi connectivity index (χ1) is 9.43. The number of hydrogen-bond donors (Lipinski definition) is 1. The average molecular weight is 292 g/mol. The number of benzene rings is 1. The van der Waals surface area contributed by atoms with Crippen LogP contribution in [0.2, 0.25) is 0 Å². The number of carbonyl (C=O) groups excluding carboxylic acids is 2. The average Bonchev–Trinajstić information content (AvgIpc) is 2.43. The molecule has 5 heteroatoms. The summed E-state index contributed by atoms with van der Waals surface area (Å²) >= 11 is 1.70. The van der Waals surface area contributed by atoms with Gasteiger partial charge in [-0.15, -0.1) is 0 Å². The zero-order valence-corrected chi connectivity index (χ0v) is 12.9. The van der Waals surface area contributed by atoms with Gasteiger partial charge < -0.3 is 10.2 Å². The second kappa shape index (κ2) is 5.87.